The molecular weight excluding hydrogens is 439 g/mol. The van der Waals surface area contributed by atoms with Crippen molar-refractivity contribution in [3.63, 3.8) is 0 Å². The van der Waals surface area contributed by atoms with Gasteiger partial charge in [-0.3, -0.25) is 9.05 Å². The van der Waals surface area contributed by atoms with Gasteiger partial charge in [0, 0.05) is 0 Å². The van der Waals surface area contributed by atoms with Gasteiger partial charge in [-0.25, -0.2) is 4.57 Å². The van der Waals surface area contributed by atoms with E-state index < -0.39 is 20.0 Å². The van der Waals surface area contributed by atoms with E-state index in [9.17, 15) is 9.46 Å². The third kappa shape index (κ3) is 10.3. The summed E-state index contributed by atoms with van der Waals surface area (Å²) < 4.78 is 36.1. The minimum absolute atomic E-state index is 0.372. The molecule has 0 radical (unpaired) electrons. The summed E-state index contributed by atoms with van der Waals surface area (Å²) in [5.74, 6) is 1.40. The van der Waals surface area contributed by atoms with Crippen LogP contribution >= 0.6 is 7.82 Å². The van der Waals surface area contributed by atoms with Crippen molar-refractivity contribution in [2.75, 3.05) is 0 Å². The molecule has 184 valence electrons. The van der Waals surface area contributed by atoms with Crippen molar-refractivity contribution >= 4 is 7.82 Å². The van der Waals surface area contributed by atoms with E-state index in [1.165, 1.54) is 0 Å². The molecule has 0 saturated heterocycles. The molecule has 6 nitrogen and oxygen atoms in total. The van der Waals surface area contributed by atoms with E-state index in [4.69, 9.17) is 18.5 Å². The molecule has 0 amide bonds. The number of benzene rings is 2. The molecule has 0 fully saturated rings. The molecule has 0 aliphatic rings. The van der Waals surface area contributed by atoms with Gasteiger partial charge < -0.3 is 14.4 Å². The first-order valence-electron chi connectivity index (χ1n) is 12.0. The topological polar surface area (TPSA) is 74.2 Å². The number of hydrogen-bond donors (Lipinski definition) is 1. The van der Waals surface area contributed by atoms with Crippen LogP contribution in [-0.2, 0) is 13.6 Å². The average molecular weight is 479 g/mol. The first-order chi connectivity index (χ1) is 15.8. The van der Waals surface area contributed by atoms with Gasteiger partial charge in [0.15, 0.2) is 0 Å². The zero-order valence-electron chi connectivity index (χ0n) is 20.3. The van der Waals surface area contributed by atoms with E-state index in [1.54, 1.807) is 13.8 Å². The highest BCUT2D eigenvalue weighted by Crippen LogP contribution is 2.47. The molecule has 33 heavy (non-hydrogen) atoms. The number of ether oxygens (including phenoxy) is 2. The van der Waals surface area contributed by atoms with Gasteiger partial charge in [0.2, 0.25) is 0 Å². The van der Waals surface area contributed by atoms with Crippen LogP contribution in [0.2, 0.25) is 0 Å². The van der Waals surface area contributed by atoms with Crippen LogP contribution in [0.25, 0.3) is 0 Å². The lowest BCUT2D eigenvalue weighted by Crippen LogP contribution is -2.34. The molecule has 0 saturated carbocycles. The van der Waals surface area contributed by atoms with Crippen LogP contribution in [-0.4, -0.2) is 29.3 Å². The largest absolute Gasteiger partial charge is 0.488 e. The summed E-state index contributed by atoms with van der Waals surface area (Å²) in [5, 5.41) is 0. The van der Waals surface area contributed by atoms with E-state index in [0.717, 1.165) is 25.7 Å². The summed E-state index contributed by atoms with van der Waals surface area (Å²) in [6, 6.07) is 18.8. The highest BCUT2D eigenvalue weighted by atomic mass is 31.2. The smallest absolute Gasteiger partial charge is 0.472 e. The van der Waals surface area contributed by atoms with Crippen molar-refractivity contribution in [1.82, 2.24) is 0 Å². The lowest BCUT2D eigenvalue weighted by atomic mass is 10.1. The van der Waals surface area contributed by atoms with Gasteiger partial charge in [-0.05, 0) is 63.8 Å². The second-order valence-electron chi connectivity index (χ2n) is 8.31. The maximum absolute atomic E-state index is 12.9. The lowest BCUT2D eigenvalue weighted by Gasteiger charge is -2.30. The summed E-state index contributed by atoms with van der Waals surface area (Å²) >= 11 is 0. The third-order valence-electron chi connectivity index (χ3n) is 5.39. The monoisotopic (exact) mass is 478 g/mol. The highest BCUT2D eigenvalue weighted by molar-refractivity contribution is 7.47. The van der Waals surface area contributed by atoms with Gasteiger partial charge in [-0.1, -0.05) is 63.1 Å². The van der Waals surface area contributed by atoms with Crippen LogP contribution in [0.5, 0.6) is 11.5 Å². The number of phosphoric ester groups is 1. The second kappa shape index (κ2) is 14.4. The number of rotatable bonds is 16. The van der Waals surface area contributed by atoms with E-state index >= 15 is 0 Å². The Balaban J connectivity index is 2.02. The molecule has 0 heterocycles. The Bertz CT molecular complexity index is 751. The van der Waals surface area contributed by atoms with E-state index in [-0.39, 0.29) is 12.2 Å². The fraction of sp³-hybridized carbons (Fsp3) is 0.538. The van der Waals surface area contributed by atoms with Crippen molar-refractivity contribution in [3.8, 4) is 11.5 Å². The first kappa shape index (κ1) is 27.4. The zero-order valence-corrected chi connectivity index (χ0v) is 21.2. The summed E-state index contributed by atoms with van der Waals surface area (Å²) in [4.78, 5) is 10.5. The van der Waals surface area contributed by atoms with Crippen LogP contribution in [0, 0.1) is 0 Å². The SMILES string of the molecule is CCCCC(Oc1ccccc1)C(C)OP(=O)(O)OC(C)C(CCCC)Oc1ccccc1. The Kier molecular flexibility index (Phi) is 12.0. The molecule has 0 aliphatic heterocycles. The van der Waals surface area contributed by atoms with Crippen LogP contribution < -0.4 is 9.47 Å². The maximum atomic E-state index is 12.9. The molecule has 4 unspecified atom stereocenters. The molecule has 0 aliphatic carbocycles. The molecule has 4 atom stereocenters. The summed E-state index contributed by atoms with van der Waals surface area (Å²) in [6.45, 7) is 7.68. The molecule has 1 N–H and O–H groups in total. The van der Waals surface area contributed by atoms with Gasteiger partial charge in [0.05, 0.1) is 0 Å². The van der Waals surface area contributed by atoms with Crippen molar-refractivity contribution in [2.24, 2.45) is 0 Å². The Morgan fingerprint density at radius 1 is 0.727 bits per heavy atom. The number of unbranched alkanes of at least 4 members (excludes halogenated alkanes) is 2. The molecule has 7 heteroatoms. The van der Waals surface area contributed by atoms with Crippen molar-refractivity contribution in [3.05, 3.63) is 60.7 Å². The van der Waals surface area contributed by atoms with Gasteiger partial charge in [0.25, 0.3) is 0 Å². The third-order valence-corrected chi connectivity index (χ3v) is 6.59. The lowest BCUT2D eigenvalue weighted by molar-refractivity contribution is -0.00425. The quantitative estimate of drug-likeness (QED) is 0.258. The number of para-hydroxylation sites is 2. The van der Waals surface area contributed by atoms with Crippen molar-refractivity contribution in [2.45, 2.75) is 90.6 Å². The normalized spacial score (nSPS) is 16.9. The summed E-state index contributed by atoms with van der Waals surface area (Å²) in [5.41, 5.74) is 0. The van der Waals surface area contributed by atoms with Gasteiger partial charge in [-0.2, -0.15) is 0 Å². The predicted molar refractivity (Wildman–Crippen MR) is 132 cm³/mol. The van der Waals surface area contributed by atoms with Gasteiger partial charge >= 0.3 is 7.82 Å². The molecule has 0 bridgehead atoms. The Morgan fingerprint density at radius 2 is 1.09 bits per heavy atom. The molecule has 2 aromatic rings. The van der Waals surface area contributed by atoms with E-state index in [2.05, 4.69) is 13.8 Å². The van der Waals surface area contributed by atoms with Crippen LogP contribution in [0.1, 0.15) is 66.2 Å². The fourth-order valence-electron chi connectivity index (χ4n) is 3.52. The Morgan fingerprint density at radius 3 is 1.42 bits per heavy atom. The Labute approximate surface area is 198 Å². The maximum Gasteiger partial charge on any atom is 0.472 e. The van der Waals surface area contributed by atoms with Crippen LogP contribution in [0.3, 0.4) is 0 Å². The summed E-state index contributed by atoms with van der Waals surface area (Å²) in [6.07, 6.45) is 3.21. The summed E-state index contributed by atoms with van der Waals surface area (Å²) in [7, 11) is -4.35. The number of phosphoric acid groups is 1. The minimum atomic E-state index is -4.35. The van der Waals surface area contributed by atoms with Crippen LogP contribution in [0.15, 0.2) is 60.7 Å². The standard InChI is InChI=1S/C26H39O6P/c1-5-7-19-25(29-23-15-11-9-12-16-23)21(3)31-33(27,28)32-22(4)26(20-8-6-2)30-24-17-13-10-14-18-24/h9-18,21-22,25-26H,5-8,19-20H2,1-4H3,(H,27,28). The van der Waals surface area contributed by atoms with Crippen molar-refractivity contribution in [1.29, 1.82) is 0 Å². The van der Waals surface area contributed by atoms with E-state index in [1.807, 2.05) is 60.7 Å². The molecule has 0 spiro atoms. The molecule has 2 aromatic carbocycles. The van der Waals surface area contributed by atoms with Gasteiger partial charge in [-0.15, -0.1) is 0 Å². The average Bonchev–Trinajstić information content (AvgIpc) is 2.80. The van der Waals surface area contributed by atoms with E-state index in [0.29, 0.717) is 24.3 Å². The minimum Gasteiger partial charge on any atom is -0.488 e. The molecule has 0 aromatic heterocycles. The second-order valence-corrected chi connectivity index (χ2v) is 9.67. The highest BCUT2D eigenvalue weighted by Gasteiger charge is 2.34. The molecule has 2 rings (SSSR count). The zero-order chi connectivity index (χ0) is 24.1. The van der Waals surface area contributed by atoms with Gasteiger partial charge in [0.1, 0.15) is 35.9 Å². The predicted octanol–water partition coefficient (Wildman–Crippen LogP) is 7.17. The first-order valence-corrected chi connectivity index (χ1v) is 13.5. The number of hydrogen-bond acceptors (Lipinski definition) is 5. The van der Waals surface area contributed by atoms with Crippen molar-refractivity contribution < 1.29 is 28.0 Å². The fourth-order valence-corrected chi connectivity index (χ4v) is 4.68. The Hall–Kier alpha value is -1.85. The van der Waals surface area contributed by atoms with Crippen LogP contribution in [0.4, 0.5) is 0 Å². The molecular formula is C26H39O6P.